The van der Waals surface area contributed by atoms with E-state index < -0.39 is 0 Å². The minimum absolute atomic E-state index is 0.128. The molecule has 1 aromatic rings. The number of aliphatic hydroxyl groups excluding tert-OH is 1. The van der Waals surface area contributed by atoms with Gasteiger partial charge in [0.25, 0.3) is 0 Å². The van der Waals surface area contributed by atoms with Gasteiger partial charge in [-0.3, -0.25) is 0 Å². The van der Waals surface area contributed by atoms with E-state index in [-0.39, 0.29) is 17.8 Å². The predicted molar refractivity (Wildman–Crippen MR) is 72.9 cm³/mol. The lowest BCUT2D eigenvalue weighted by atomic mass is 9.88. The number of aryl methyl sites for hydroxylation is 1. The molecule has 18 heavy (non-hydrogen) atoms. The van der Waals surface area contributed by atoms with Gasteiger partial charge >= 0.3 is 0 Å². The fraction of sp³-hybridized carbons (Fsp3) is 0.600. The first-order valence-electron chi connectivity index (χ1n) is 6.51. The summed E-state index contributed by atoms with van der Waals surface area (Å²) >= 11 is 0. The molecule has 0 saturated carbocycles. The maximum absolute atomic E-state index is 13.5. The second-order valence-corrected chi connectivity index (χ2v) is 5.69. The predicted octanol–water partition coefficient (Wildman–Crippen LogP) is 3.02. The van der Waals surface area contributed by atoms with E-state index in [0.29, 0.717) is 12.1 Å². The first-order valence-corrected chi connectivity index (χ1v) is 6.51. The average Bonchev–Trinajstić information content (AvgIpc) is 2.31. The number of rotatable bonds is 7. The summed E-state index contributed by atoms with van der Waals surface area (Å²) < 4.78 is 13.5. The largest absolute Gasteiger partial charge is 0.396 e. The second kappa shape index (κ2) is 6.86. The minimum atomic E-state index is -0.152. The molecule has 1 aromatic carbocycles. The van der Waals surface area contributed by atoms with Crippen LogP contribution in [-0.4, -0.2) is 18.3 Å². The van der Waals surface area contributed by atoms with Gasteiger partial charge in [0, 0.05) is 25.3 Å². The minimum Gasteiger partial charge on any atom is -0.396 e. The summed E-state index contributed by atoms with van der Waals surface area (Å²) in [5.41, 5.74) is 1.92. The molecule has 0 aliphatic heterocycles. The highest BCUT2D eigenvalue weighted by molar-refractivity contribution is 5.23. The molecule has 0 spiro atoms. The number of halogens is 1. The second-order valence-electron chi connectivity index (χ2n) is 5.69. The zero-order valence-electron chi connectivity index (χ0n) is 11.6. The molecule has 102 valence electrons. The molecule has 0 saturated heterocycles. The van der Waals surface area contributed by atoms with Crippen LogP contribution in [0.4, 0.5) is 4.39 Å². The molecule has 0 aliphatic rings. The van der Waals surface area contributed by atoms with E-state index in [2.05, 4.69) is 19.2 Å². The first-order chi connectivity index (χ1) is 8.44. The number of hydrogen-bond donors (Lipinski definition) is 2. The molecule has 0 bridgehead atoms. The van der Waals surface area contributed by atoms with Crippen LogP contribution < -0.4 is 5.32 Å². The van der Waals surface area contributed by atoms with Crippen LogP contribution in [0.3, 0.4) is 0 Å². The van der Waals surface area contributed by atoms with E-state index in [1.807, 2.05) is 13.0 Å². The van der Waals surface area contributed by atoms with E-state index in [1.54, 1.807) is 6.07 Å². The summed E-state index contributed by atoms with van der Waals surface area (Å²) in [4.78, 5) is 0. The van der Waals surface area contributed by atoms with Gasteiger partial charge < -0.3 is 10.4 Å². The van der Waals surface area contributed by atoms with Gasteiger partial charge in [-0.15, -0.1) is 0 Å². The van der Waals surface area contributed by atoms with E-state index in [1.165, 1.54) is 6.07 Å². The van der Waals surface area contributed by atoms with Gasteiger partial charge in [-0.1, -0.05) is 31.5 Å². The average molecular weight is 253 g/mol. The Kier molecular flexibility index (Phi) is 5.76. The summed E-state index contributed by atoms with van der Waals surface area (Å²) in [7, 11) is 0. The smallest absolute Gasteiger partial charge is 0.127 e. The Hall–Kier alpha value is -0.930. The molecule has 0 amide bonds. The Morgan fingerprint density at radius 2 is 2.06 bits per heavy atom. The Balaban J connectivity index is 2.43. The molecular weight excluding hydrogens is 229 g/mol. The van der Waals surface area contributed by atoms with Gasteiger partial charge in [0.15, 0.2) is 0 Å². The van der Waals surface area contributed by atoms with Gasteiger partial charge in [0.2, 0.25) is 0 Å². The highest BCUT2D eigenvalue weighted by atomic mass is 19.1. The van der Waals surface area contributed by atoms with Crippen LogP contribution in [0.2, 0.25) is 0 Å². The Morgan fingerprint density at radius 1 is 1.33 bits per heavy atom. The van der Waals surface area contributed by atoms with Crippen LogP contribution in [0, 0.1) is 18.2 Å². The van der Waals surface area contributed by atoms with Crippen molar-refractivity contribution in [1.82, 2.24) is 5.32 Å². The highest BCUT2D eigenvalue weighted by Crippen LogP contribution is 2.21. The van der Waals surface area contributed by atoms with Crippen molar-refractivity contribution < 1.29 is 9.50 Å². The molecule has 0 unspecified atom stereocenters. The van der Waals surface area contributed by atoms with Crippen molar-refractivity contribution in [3.63, 3.8) is 0 Å². The van der Waals surface area contributed by atoms with Gasteiger partial charge in [0.05, 0.1) is 0 Å². The van der Waals surface area contributed by atoms with Crippen LogP contribution in [-0.2, 0) is 6.54 Å². The number of nitrogens with one attached hydrogen (secondary N) is 1. The van der Waals surface area contributed by atoms with Crippen LogP contribution in [0.25, 0.3) is 0 Å². The highest BCUT2D eigenvalue weighted by Gasteiger charge is 2.16. The fourth-order valence-electron chi connectivity index (χ4n) is 2.02. The van der Waals surface area contributed by atoms with Crippen molar-refractivity contribution in [2.75, 3.05) is 13.2 Å². The lowest BCUT2D eigenvalue weighted by molar-refractivity contribution is 0.236. The summed E-state index contributed by atoms with van der Waals surface area (Å²) in [6.45, 7) is 7.88. The molecule has 0 fully saturated rings. The summed E-state index contributed by atoms with van der Waals surface area (Å²) in [5.74, 6) is -0.152. The van der Waals surface area contributed by atoms with E-state index in [9.17, 15) is 4.39 Å². The third kappa shape index (κ3) is 5.15. The van der Waals surface area contributed by atoms with E-state index >= 15 is 0 Å². The van der Waals surface area contributed by atoms with Gasteiger partial charge in [-0.25, -0.2) is 4.39 Å². The summed E-state index contributed by atoms with van der Waals surface area (Å²) in [6, 6.07) is 5.18. The molecule has 0 aromatic heterocycles. The van der Waals surface area contributed by atoms with Crippen LogP contribution in [0.1, 0.15) is 37.8 Å². The maximum Gasteiger partial charge on any atom is 0.127 e. The maximum atomic E-state index is 13.5. The van der Waals surface area contributed by atoms with Crippen molar-refractivity contribution >= 4 is 0 Å². The summed E-state index contributed by atoms with van der Waals surface area (Å²) in [5, 5.41) is 12.1. The monoisotopic (exact) mass is 253 g/mol. The molecule has 2 nitrogen and oxygen atoms in total. The molecule has 0 atom stereocenters. The van der Waals surface area contributed by atoms with Crippen molar-refractivity contribution in [3.05, 3.63) is 35.1 Å². The number of hydrogen-bond acceptors (Lipinski definition) is 2. The van der Waals surface area contributed by atoms with Gasteiger partial charge in [-0.05, 0) is 31.2 Å². The fourth-order valence-corrected chi connectivity index (χ4v) is 2.02. The Labute approximate surface area is 109 Å². The lowest BCUT2D eigenvalue weighted by Crippen LogP contribution is -2.29. The number of aliphatic hydroxyl groups is 1. The molecule has 0 aliphatic carbocycles. The lowest BCUT2D eigenvalue weighted by Gasteiger charge is -2.24. The standard InChI is InChI=1S/C15H24FNO/c1-12-5-6-14(16)13(9-12)10-17-11-15(2,3)7-4-8-18/h5-6,9,17-18H,4,7-8,10-11H2,1-3H3. The van der Waals surface area contributed by atoms with E-state index in [0.717, 1.165) is 24.9 Å². The molecular formula is C15H24FNO. The molecule has 3 heteroatoms. The van der Waals surface area contributed by atoms with Crippen LogP contribution in [0.15, 0.2) is 18.2 Å². The Morgan fingerprint density at radius 3 is 2.72 bits per heavy atom. The van der Waals surface area contributed by atoms with Gasteiger partial charge in [0.1, 0.15) is 5.82 Å². The Bertz CT molecular complexity index is 377. The van der Waals surface area contributed by atoms with Crippen molar-refractivity contribution in [3.8, 4) is 0 Å². The zero-order chi connectivity index (χ0) is 13.6. The SMILES string of the molecule is Cc1ccc(F)c(CNCC(C)(C)CCCO)c1. The molecule has 2 N–H and O–H groups in total. The van der Waals surface area contributed by atoms with Crippen molar-refractivity contribution in [2.45, 2.75) is 40.2 Å². The van der Waals surface area contributed by atoms with E-state index in [4.69, 9.17) is 5.11 Å². The normalized spacial score (nSPS) is 11.8. The van der Waals surface area contributed by atoms with Crippen molar-refractivity contribution in [1.29, 1.82) is 0 Å². The van der Waals surface area contributed by atoms with Crippen LogP contribution >= 0.6 is 0 Å². The number of benzene rings is 1. The zero-order valence-corrected chi connectivity index (χ0v) is 11.6. The third-order valence-corrected chi connectivity index (χ3v) is 3.13. The molecule has 0 radical (unpaired) electrons. The topological polar surface area (TPSA) is 32.3 Å². The third-order valence-electron chi connectivity index (χ3n) is 3.13. The quantitative estimate of drug-likeness (QED) is 0.783. The molecule has 0 heterocycles. The summed E-state index contributed by atoms with van der Waals surface area (Å²) in [6.07, 6.45) is 1.78. The molecule has 1 rings (SSSR count). The van der Waals surface area contributed by atoms with Gasteiger partial charge in [-0.2, -0.15) is 0 Å². The van der Waals surface area contributed by atoms with Crippen molar-refractivity contribution in [2.24, 2.45) is 5.41 Å². The first kappa shape index (κ1) is 15.1. The van der Waals surface area contributed by atoms with Crippen LogP contribution in [0.5, 0.6) is 0 Å².